The second-order valence-corrected chi connectivity index (χ2v) is 4.19. The molecule has 0 radical (unpaired) electrons. The highest BCUT2D eigenvalue weighted by Gasteiger charge is 2.09. The van der Waals surface area contributed by atoms with Crippen LogP contribution in [0.2, 0.25) is 0 Å². The fourth-order valence-electron chi connectivity index (χ4n) is 1.79. The summed E-state index contributed by atoms with van der Waals surface area (Å²) in [4.78, 5) is 11.4. The van der Waals surface area contributed by atoms with Crippen molar-refractivity contribution in [2.24, 2.45) is 0 Å². The van der Waals surface area contributed by atoms with Crippen LogP contribution in [0.5, 0.6) is 0 Å². The van der Waals surface area contributed by atoms with Gasteiger partial charge in [0.2, 0.25) is 0 Å². The second kappa shape index (κ2) is 8.34. The highest BCUT2D eigenvalue weighted by Crippen LogP contribution is 2.19. The van der Waals surface area contributed by atoms with E-state index in [4.69, 9.17) is 9.47 Å². The zero-order valence-corrected chi connectivity index (χ0v) is 10.2. The van der Waals surface area contributed by atoms with Gasteiger partial charge in [-0.2, -0.15) is 0 Å². The number of esters is 1. The predicted octanol–water partition coefficient (Wildman–Crippen LogP) is 3.19. The molecule has 0 spiro atoms. The number of hydrogen-bond acceptors (Lipinski definition) is 3. The predicted molar refractivity (Wildman–Crippen MR) is 63.0 cm³/mol. The van der Waals surface area contributed by atoms with E-state index in [0.29, 0.717) is 6.42 Å². The molecule has 1 aliphatic rings. The van der Waals surface area contributed by atoms with Crippen molar-refractivity contribution in [2.45, 2.75) is 51.4 Å². The van der Waals surface area contributed by atoms with Crippen molar-refractivity contribution in [1.29, 1.82) is 0 Å². The molecule has 1 aliphatic carbocycles. The van der Waals surface area contributed by atoms with Crippen molar-refractivity contribution >= 4 is 5.97 Å². The lowest BCUT2D eigenvalue weighted by Gasteiger charge is -2.12. The minimum absolute atomic E-state index is 0.0782. The number of allylic oxidation sites excluding steroid dienone is 2. The average Bonchev–Trinajstić information content (AvgIpc) is 2.30. The first-order valence-electron chi connectivity index (χ1n) is 6.21. The van der Waals surface area contributed by atoms with E-state index in [1.54, 1.807) is 7.11 Å². The van der Waals surface area contributed by atoms with Gasteiger partial charge in [-0.05, 0) is 38.2 Å². The highest BCUT2D eigenvalue weighted by atomic mass is 16.5. The molecule has 0 aromatic rings. The number of methoxy groups -OCH3 is 1. The molecule has 0 aromatic heterocycles. The molecule has 16 heavy (non-hydrogen) atoms. The van der Waals surface area contributed by atoms with Gasteiger partial charge in [-0.15, -0.1) is 0 Å². The summed E-state index contributed by atoms with van der Waals surface area (Å²) in [7, 11) is 1.70. The standard InChI is InChI=1S/C13H22O3/c1-15-11-7-3-6-10-13(14)16-12-8-4-2-5-9-12/h8H,2-7,9-11H2,1H3. The van der Waals surface area contributed by atoms with Crippen molar-refractivity contribution in [1.82, 2.24) is 0 Å². The molecule has 0 bridgehead atoms. The lowest BCUT2D eigenvalue weighted by atomic mass is 10.1. The third-order valence-corrected chi connectivity index (χ3v) is 2.72. The molecular formula is C13H22O3. The lowest BCUT2D eigenvalue weighted by Crippen LogP contribution is -2.06. The van der Waals surface area contributed by atoms with Gasteiger partial charge >= 0.3 is 5.97 Å². The lowest BCUT2D eigenvalue weighted by molar-refractivity contribution is -0.140. The molecule has 0 saturated heterocycles. The van der Waals surface area contributed by atoms with Gasteiger partial charge in [0.1, 0.15) is 5.76 Å². The molecule has 0 amide bonds. The third kappa shape index (κ3) is 5.91. The summed E-state index contributed by atoms with van der Waals surface area (Å²) < 4.78 is 10.2. The molecule has 0 saturated carbocycles. The van der Waals surface area contributed by atoms with E-state index in [2.05, 4.69) is 0 Å². The topological polar surface area (TPSA) is 35.5 Å². The van der Waals surface area contributed by atoms with Gasteiger partial charge in [0.15, 0.2) is 0 Å². The van der Waals surface area contributed by atoms with Crippen LogP contribution in [0.1, 0.15) is 51.4 Å². The van der Waals surface area contributed by atoms with Crippen molar-refractivity contribution in [3.8, 4) is 0 Å². The average molecular weight is 226 g/mol. The van der Waals surface area contributed by atoms with Gasteiger partial charge in [-0.25, -0.2) is 0 Å². The van der Waals surface area contributed by atoms with E-state index in [1.807, 2.05) is 6.08 Å². The van der Waals surface area contributed by atoms with Crippen molar-refractivity contribution < 1.29 is 14.3 Å². The van der Waals surface area contributed by atoms with Crippen LogP contribution in [0.4, 0.5) is 0 Å². The largest absolute Gasteiger partial charge is 0.431 e. The molecular weight excluding hydrogens is 204 g/mol. The fourth-order valence-corrected chi connectivity index (χ4v) is 1.79. The van der Waals surface area contributed by atoms with Crippen molar-refractivity contribution in [2.75, 3.05) is 13.7 Å². The summed E-state index contributed by atoms with van der Waals surface area (Å²) in [6.45, 7) is 0.778. The van der Waals surface area contributed by atoms with E-state index >= 15 is 0 Å². The zero-order valence-electron chi connectivity index (χ0n) is 10.2. The van der Waals surface area contributed by atoms with E-state index in [9.17, 15) is 4.79 Å². The summed E-state index contributed by atoms with van der Waals surface area (Å²) in [5.41, 5.74) is 0. The van der Waals surface area contributed by atoms with Crippen LogP contribution in [-0.4, -0.2) is 19.7 Å². The molecule has 3 nitrogen and oxygen atoms in total. The first-order valence-corrected chi connectivity index (χ1v) is 6.21. The van der Waals surface area contributed by atoms with E-state index < -0.39 is 0 Å². The Morgan fingerprint density at radius 1 is 1.31 bits per heavy atom. The fraction of sp³-hybridized carbons (Fsp3) is 0.769. The maximum absolute atomic E-state index is 11.4. The van der Waals surface area contributed by atoms with Gasteiger partial charge in [0.05, 0.1) is 0 Å². The summed E-state index contributed by atoms with van der Waals surface area (Å²) in [5.74, 6) is 0.804. The Morgan fingerprint density at radius 3 is 2.88 bits per heavy atom. The molecule has 0 N–H and O–H groups in total. The monoisotopic (exact) mass is 226 g/mol. The van der Waals surface area contributed by atoms with Gasteiger partial charge in [0, 0.05) is 26.6 Å². The smallest absolute Gasteiger partial charge is 0.310 e. The highest BCUT2D eigenvalue weighted by molar-refractivity contribution is 5.70. The van der Waals surface area contributed by atoms with Crippen LogP contribution in [0.25, 0.3) is 0 Å². The number of unbranched alkanes of at least 4 members (excludes halogenated alkanes) is 2. The Morgan fingerprint density at radius 2 is 2.19 bits per heavy atom. The molecule has 0 aliphatic heterocycles. The van der Waals surface area contributed by atoms with Crippen molar-refractivity contribution in [3.05, 3.63) is 11.8 Å². The molecule has 92 valence electrons. The maximum Gasteiger partial charge on any atom is 0.310 e. The molecule has 1 rings (SSSR count). The van der Waals surface area contributed by atoms with Crippen LogP contribution < -0.4 is 0 Å². The van der Waals surface area contributed by atoms with E-state index in [-0.39, 0.29) is 5.97 Å². The number of rotatable bonds is 7. The van der Waals surface area contributed by atoms with Crippen LogP contribution in [0.3, 0.4) is 0 Å². The Balaban J connectivity index is 2.04. The number of carbonyl (C=O) groups is 1. The summed E-state index contributed by atoms with van der Waals surface area (Å²) in [5, 5.41) is 0. The first kappa shape index (κ1) is 13.2. The van der Waals surface area contributed by atoms with Gasteiger partial charge < -0.3 is 9.47 Å². The minimum atomic E-state index is -0.0782. The van der Waals surface area contributed by atoms with Gasteiger partial charge in [-0.3, -0.25) is 4.79 Å². The van der Waals surface area contributed by atoms with Gasteiger partial charge in [0.25, 0.3) is 0 Å². The van der Waals surface area contributed by atoms with E-state index in [0.717, 1.165) is 50.9 Å². The summed E-state index contributed by atoms with van der Waals surface area (Å²) in [6.07, 6.45) is 9.87. The maximum atomic E-state index is 11.4. The Kier molecular flexibility index (Phi) is 6.90. The zero-order chi connectivity index (χ0) is 11.6. The van der Waals surface area contributed by atoms with Gasteiger partial charge in [-0.1, -0.05) is 6.42 Å². The molecule has 3 heteroatoms. The van der Waals surface area contributed by atoms with Crippen LogP contribution >= 0.6 is 0 Å². The number of hydrogen-bond donors (Lipinski definition) is 0. The Labute approximate surface area is 97.8 Å². The second-order valence-electron chi connectivity index (χ2n) is 4.19. The SMILES string of the molecule is COCCCCCC(=O)OC1=CCCCC1. The number of ether oxygens (including phenoxy) is 2. The number of carbonyl (C=O) groups excluding carboxylic acids is 1. The summed E-state index contributed by atoms with van der Waals surface area (Å²) >= 11 is 0. The molecule has 0 fully saturated rings. The van der Waals surface area contributed by atoms with Crippen LogP contribution in [-0.2, 0) is 14.3 Å². The minimum Gasteiger partial charge on any atom is -0.431 e. The molecule has 0 aromatic carbocycles. The van der Waals surface area contributed by atoms with Crippen molar-refractivity contribution in [3.63, 3.8) is 0 Å². The normalized spacial score (nSPS) is 15.7. The Bertz CT molecular complexity index is 233. The molecule has 0 atom stereocenters. The third-order valence-electron chi connectivity index (χ3n) is 2.72. The molecule has 0 unspecified atom stereocenters. The first-order chi connectivity index (χ1) is 7.83. The Hall–Kier alpha value is -0.830. The quantitative estimate of drug-likeness (QED) is 0.494. The molecule has 0 heterocycles. The van der Waals surface area contributed by atoms with Crippen LogP contribution in [0, 0.1) is 0 Å². The summed E-state index contributed by atoms with van der Waals surface area (Å²) in [6, 6.07) is 0. The van der Waals surface area contributed by atoms with Crippen LogP contribution in [0.15, 0.2) is 11.8 Å². The van der Waals surface area contributed by atoms with E-state index in [1.165, 1.54) is 6.42 Å².